The minimum absolute atomic E-state index is 0.374. The van der Waals surface area contributed by atoms with Crippen LogP contribution in [0.25, 0.3) is 0 Å². The number of amides is 1. The van der Waals surface area contributed by atoms with Crippen molar-refractivity contribution in [1.29, 1.82) is 0 Å². The molecule has 0 fully saturated rings. The Bertz CT molecular complexity index is 1150. The third-order valence-corrected chi connectivity index (χ3v) is 17.5. The summed E-state index contributed by atoms with van der Waals surface area (Å²) in [6.45, 7) is 4.12. The first kappa shape index (κ1) is 77.0. The van der Waals surface area contributed by atoms with Crippen LogP contribution in [0.15, 0.2) is 12.2 Å². The molecule has 1 amide bonds. The molecule has 0 aromatic carbocycles. The highest BCUT2D eigenvalue weighted by Gasteiger charge is 2.28. The van der Waals surface area contributed by atoms with Crippen LogP contribution in [0.4, 0.5) is 0 Å². The molecule has 4 unspecified atom stereocenters. The Morgan fingerprint density at radius 3 is 0.744 bits per heavy atom. The number of aliphatic hydroxyl groups excluding tert-OH is 4. The second-order valence-electron chi connectivity index (χ2n) is 25.3. The molecule has 0 heterocycles. The van der Waals surface area contributed by atoms with Crippen LogP contribution in [-0.4, -0.2) is 57.3 Å². The van der Waals surface area contributed by atoms with Crippen LogP contribution in [0.5, 0.6) is 0 Å². The molecule has 0 aromatic heterocycles. The lowest BCUT2D eigenvalue weighted by atomic mass is 9.99. The van der Waals surface area contributed by atoms with Crippen LogP contribution in [0.2, 0.25) is 0 Å². The molecule has 0 bridgehead atoms. The molecule has 0 rings (SSSR count). The topological polar surface area (TPSA) is 110 Å². The van der Waals surface area contributed by atoms with Gasteiger partial charge in [0, 0.05) is 0 Å². The second kappa shape index (κ2) is 66.8. The lowest BCUT2D eigenvalue weighted by Crippen LogP contribution is -2.53. The Labute approximate surface area is 489 Å². The summed E-state index contributed by atoms with van der Waals surface area (Å²) in [6.07, 6.45) is 83.5. The minimum Gasteiger partial charge on any atom is -0.394 e. The first-order chi connectivity index (χ1) is 38.5. The summed E-state index contributed by atoms with van der Waals surface area (Å²) in [4.78, 5) is 12.7. The molecule has 0 saturated carbocycles. The van der Waals surface area contributed by atoms with Gasteiger partial charge in [0.1, 0.15) is 12.2 Å². The molecule has 466 valence electrons. The Morgan fingerprint density at radius 2 is 0.513 bits per heavy atom. The molecule has 0 aromatic rings. The average molecular weight is 1100 g/mol. The fourth-order valence-corrected chi connectivity index (χ4v) is 11.9. The number of unbranched alkanes of at least 4 members (excludes halogenated alkanes) is 57. The third kappa shape index (κ3) is 59.7. The molecule has 6 nitrogen and oxygen atoms in total. The van der Waals surface area contributed by atoms with E-state index in [0.717, 1.165) is 38.5 Å². The van der Waals surface area contributed by atoms with Crippen LogP contribution >= 0.6 is 0 Å². The van der Waals surface area contributed by atoms with Gasteiger partial charge in [0.15, 0.2) is 0 Å². The van der Waals surface area contributed by atoms with E-state index in [2.05, 4.69) is 31.3 Å². The predicted octanol–water partition coefficient (Wildman–Crippen LogP) is 22.3. The minimum atomic E-state index is -1.26. The number of carbonyl (C=O) groups excluding carboxylic acids is 1. The number of carbonyl (C=O) groups is 1. The molecule has 0 radical (unpaired) electrons. The van der Waals surface area contributed by atoms with E-state index in [1.807, 2.05) is 0 Å². The fourth-order valence-electron chi connectivity index (χ4n) is 11.9. The van der Waals surface area contributed by atoms with Crippen molar-refractivity contribution >= 4 is 5.91 Å². The highest BCUT2D eigenvalue weighted by atomic mass is 16.3. The van der Waals surface area contributed by atoms with Gasteiger partial charge >= 0.3 is 0 Å². The highest BCUT2D eigenvalue weighted by Crippen LogP contribution is 2.20. The smallest absolute Gasteiger partial charge is 0.249 e. The summed E-state index contributed by atoms with van der Waals surface area (Å²) in [5.41, 5.74) is 0. The Kier molecular flexibility index (Phi) is 66.0. The van der Waals surface area contributed by atoms with E-state index in [1.165, 1.54) is 347 Å². The zero-order valence-corrected chi connectivity index (χ0v) is 53.2. The number of allylic oxidation sites excluding steroid dienone is 2. The second-order valence-corrected chi connectivity index (χ2v) is 25.3. The lowest BCUT2D eigenvalue weighted by Gasteiger charge is -2.27. The van der Waals surface area contributed by atoms with Crippen molar-refractivity contribution in [1.82, 2.24) is 5.32 Å². The van der Waals surface area contributed by atoms with E-state index in [4.69, 9.17) is 0 Å². The molecule has 0 aliphatic heterocycles. The quantitative estimate of drug-likeness (QED) is 0.0308. The van der Waals surface area contributed by atoms with Gasteiger partial charge in [0.05, 0.1) is 18.8 Å². The van der Waals surface area contributed by atoms with E-state index in [-0.39, 0.29) is 0 Å². The maximum Gasteiger partial charge on any atom is 0.249 e. The van der Waals surface area contributed by atoms with Crippen molar-refractivity contribution in [3.05, 3.63) is 12.2 Å². The standard InChI is InChI=1S/C72H143NO5/c1-3-5-7-9-11-13-15-17-19-21-23-25-27-29-31-32-33-34-35-36-37-38-39-40-42-44-46-48-50-52-54-56-58-60-62-64-66-70(76)72(78)73-68(67-74)71(77)69(75)65-63-61-59-57-55-53-51-49-47-45-43-41-30-28-26-24-22-20-18-16-14-12-10-8-6-4-2/h34-35,68-71,74-77H,3-33,36-67H2,1-2H3,(H,73,78)/b35-34-. The van der Waals surface area contributed by atoms with Gasteiger partial charge < -0.3 is 25.7 Å². The van der Waals surface area contributed by atoms with E-state index >= 15 is 0 Å². The van der Waals surface area contributed by atoms with Crippen molar-refractivity contribution in [3.8, 4) is 0 Å². The molecule has 0 spiro atoms. The average Bonchev–Trinajstić information content (AvgIpc) is 3.45. The zero-order chi connectivity index (χ0) is 56.6. The maximum atomic E-state index is 12.7. The first-order valence-electron chi connectivity index (χ1n) is 36.1. The summed E-state index contributed by atoms with van der Waals surface area (Å²) in [6, 6.07) is -0.984. The van der Waals surface area contributed by atoms with Gasteiger partial charge in [0.2, 0.25) is 5.91 Å². The molecule has 78 heavy (non-hydrogen) atoms. The summed E-state index contributed by atoms with van der Waals surface area (Å²) < 4.78 is 0. The monoisotopic (exact) mass is 1100 g/mol. The van der Waals surface area contributed by atoms with Crippen molar-refractivity contribution in [2.45, 2.75) is 436 Å². The summed E-state index contributed by atoms with van der Waals surface area (Å²) in [7, 11) is 0. The van der Waals surface area contributed by atoms with Crippen molar-refractivity contribution in [3.63, 3.8) is 0 Å². The van der Waals surface area contributed by atoms with Gasteiger partial charge in [-0.3, -0.25) is 4.79 Å². The van der Waals surface area contributed by atoms with E-state index in [1.54, 1.807) is 0 Å². The molecule has 5 N–H and O–H groups in total. The SMILES string of the molecule is CCCCCCCCCCCCCCCCCC/C=C\CCCCCCCCCCCCCCCCCCC(O)C(=O)NC(CO)C(O)C(O)CCCCCCCCCCCCCCCCCCCCCCCCCCCC. The molecule has 6 heteroatoms. The number of hydrogen-bond acceptors (Lipinski definition) is 5. The summed E-state index contributed by atoms with van der Waals surface area (Å²) >= 11 is 0. The molecule has 0 aliphatic carbocycles. The van der Waals surface area contributed by atoms with Gasteiger partial charge in [0.25, 0.3) is 0 Å². The highest BCUT2D eigenvalue weighted by molar-refractivity contribution is 5.80. The van der Waals surface area contributed by atoms with E-state index < -0.39 is 36.9 Å². The largest absolute Gasteiger partial charge is 0.394 e. The summed E-state index contributed by atoms with van der Waals surface area (Å²) in [5.74, 6) is -0.575. The molecular formula is C72H143NO5. The normalized spacial score (nSPS) is 13.5. The Balaban J connectivity index is 3.51. The zero-order valence-electron chi connectivity index (χ0n) is 53.2. The fraction of sp³-hybridized carbons (Fsp3) is 0.958. The van der Waals surface area contributed by atoms with Gasteiger partial charge in [-0.2, -0.15) is 0 Å². The first-order valence-corrected chi connectivity index (χ1v) is 36.1. The van der Waals surface area contributed by atoms with Gasteiger partial charge in [-0.15, -0.1) is 0 Å². The van der Waals surface area contributed by atoms with Crippen LogP contribution in [0.3, 0.4) is 0 Å². The van der Waals surface area contributed by atoms with Gasteiger partial charge in [-0.1, -0.05) is 386 Å². The van der Waals surface area contributed by atoms with Crippen LogP contribution in [-0.2, 0) is 4.79 Å². The van der Waals surface area contributed by atoms with Crippen molar-refractivity contribution in [2.24, 2.45) is 0 Å². The van der Waals surface area contributed by atoms with Crippen LogP contribution in [0.1, 0.15) is 412 Å². The number of nitrogens with one attached hydrogen (secondary N) is 1. The number of aliphatic hydroxyl groups is 4. The number of rotatable bonds is 68. The third-order valence-electron chi connectivity index (χ3n) is 17.5. The van der Waals surface area contributed by atoms with Crippen molar-refractivity contribution < 1.29 is 25.2 Å². The van der Waals surface area contributed by atoms with Crippen molar-refractivity contribution in [2.75, 3.05) is 6.61 Å². The van der Waals surface area contributed by atoms with Crippen LogP contribution in [0, 0.1) is 0 Å². The summed E-state index contributed by atoms with van der Waals surface area (Å²) in [5, 5.41) is 44.3. The van der Waals surface area contributed by atoms with E-state index in [0.29, 0.717) is 12.8 Å². The van der Waals surface area contributed by atoms with E-state index in [9.17, 15) is 25.2 Å². The molecule has 0 aliphatic rings. The molecule has 4 atom stereocenters. The predicted molar refractivity (Wildman–Crippen MR) is 344 cm³/mol. The maximum absolute atomic E-state index is 12.7. The Hall–Kier alpha value is -0.950. The molecule has 0 saturated heterocycles. The molecular weight excluding hydrogens is 959 g/mol. The van der Waals surface area contributed by atoms with Crippen LogP contribution < -0.4 is 5.32 Å². The Morgan fingerprint density at radius 1 is 0.308 bits per heavy atom. The van der Waals surface area contributed by atoms with Gasteiger partial charge in [-0.05, 0) is 38.5 Å². The lowest BCUT2D eigenvalue weighted by molar-refractivity contribution is -0.132. The van der Waals surface area contributed by atoms with Gasteiger partial charge in [-0.25, -0.2) is 0 Å². The number of hydrogen-bond donors (Lipinski definition) is 5.